The topological polar surface area (TPSA) is 118 Å². The molecule has 9 nitrogen and oxygen atoms in total. The van der Waals surface area contributed by atoms with Crippen molar-refractivity contribution >= 4 is 17.6 Å². The summed E-state index contributed by atoms with van der Waals surface area (Å²) in [5.41, 5.74) is 0.610. The van der Waals surface area contributed by atoms with Crippen LogP contribution < -0.4 is 9.47 Å². The summed E-state index contributed by atoms with van der Waals surface area (Å²) in [6.45, 7) is 3.34. The van der Waals surface area contributed by atoms with Gasteiger partial charge < -0.3 is 18.9 Å². The third kappa shape index (κ3) is 5.15. The van der Waals surface area contributed by atoms with Crippen LogP contribution in [0.3, 0.4) is 0 Å². The number of esters is 2. The number of hydrogen-bond donors (Lipinski definition) is 0. The Kier molecular flexibility index (Phi) is 5.90. The summed E-state index contributed by atoms with van der Waals surface area (Å²) in [4.78, 5) is 32.9. The molecule has 0 radical (unpaired) electrons. The first-order valence-electron chi connectivity index (χ1n) is 8.75. The zero-order valence-corrected chi connectivity index (χ0v) is 15.9. The van der Waals surface area contributed by atoms with Crippen molar-refractivity contribution in [2.24, 2.45) is 0 Å². The van der Waals surface area contributed by atoms with Crippen LogP contribution in [0.4, 0.5) is 5.69 Å². The first kappa shape index (κ1) is 20.4. The summed E-state index contributed by atoms with van der Waals surface area (Å²) >= 11 is 0. The van der Waals surface area contributed by atoms with Gasteiger partial charge in [-0.3, -0.25) is 19.7 Å². The molecule has 152 valence electrons. The van der Waals surface area contributed by atoms with Crippen molar-refractivity contribution in [2.45, 2.75) is 26.1 Å². The van der Waals surface area contributed by atoms with E-state index in [1.54, 1.807) is 24.3 Å². The van der Waals surface area contributed by atoms with Crippen molar-refractivity contribution in [3.05, 3.63) is 63.7 Å². The van der Waals surface area contributed by atoms with Crippen LogP contribution in [-0.2, 0) is 31.3 Å². The van der Waals surface area contributed by atoms with Crippen molar-refractivity contribution in [1.82, 2.24) is 0 Å². The minimum atomic E-state index is -0.777. The molecule has 1 aliphatic heterocycles. The number of epoxide rings is 1. The Morgan fingerprint density at radius 3 is 2.31 bits per heavy atom. The lowest BCUT2D eigenvalue weighted by Crippen LogP contribution is -2.19. The van der Waals surface area contributed by atoms with Crippen LogP contribution >= 0.6 is 0 Å². The number of carbonyl (C=O) groups is 2. The number of ether oxygens (including phenoxy) is 4. The smallest absolute Gasteiger partial charge is 0.308 e. The maximum atomic E-state index is 11.5. The van der Waals surface area contributed by atoms with Gasteiger partial charge in [0.25, 0.3) is 5.69 Å². The number of benzene rings is 2. The van der Waals surface area contributed by atoms with Crippen molar-refractivity contribution < 1.29 is 33.5 Å². The molecule has 1 saturated heterocycles. The second kappa shape index (κ2) is 8.38. The van der Waals surface area contributed by atoms with Gasteiger partial charge in [-0.25, -0.2) is 0 Å². The molecular weight excluding hydrogens is 382 g/mol. The average molecular weight is 401 g/mol. The number of rotatable bonds is 8. The molecule has 29 heavy (non-hydrogen) atoms. The molecule has 2 aromatic rings. The molecule has 9 heteroatoms. The Balaban J connectivity index is 1.70. The highest BCUT2D eigenvalue weighted by Gasteiger charge is 2.49. The van der Waals surface area contributed by atoms with Crippen LogP contribution in [-0.4, -0.2) is 30.1 Å². The van der Waals surface area contributed by atoms with Gasteiger partial charge in [0.2, 0.25) is 0 Å². The van der Waals surface area contributed by atoms with Gasteiger partial charge in [-0.1, -0.05) is 0 Å². The lowest BCUT2D eigenvalue weighted by molar-refractivity contribution is -0.384. The van der Waals surface area contributed by atoms with Crippen LogP contribution in [0.15, 0.2) is 42.5 Å². The fraction of sp³-hybridized carbons (Fsp3) is 0.300. The molecule has 1 fully saturated rings. The lowest BCUT2D eigenvalue weighted by atomic mass is 9.99. The normalized spacial score (nSPS) is 17.4. The van der Waals surface area contributed by atoms with Crippen molar-refractivity contribution in [2.75, 3.05) is 13.2 Å². The summed E-state index contributed by atoms with van der Waals surface area (Å²) in [5.74, 6) is -0.531. The van der Waals surface area contributed by atoms with E-state index in [1.165, 1.54) is 32.0 Å². The zero-order valence-electron chi connectivity index (χ0n) is 15.9. The van der Waals surface area contributed by atoms with Gasteiger partial charge in [-0.2, -0.15) is 0 Å². The van der Waals surface area contributed by atoms with Crippen LogP contribution in [0.2, 0.25) is 0 Å². The third-order valence-corrected chi connectivity index (χ3v) is 4.20. The maximum absolute atomic E-state index is 11.5. The number of nitro groups is 1. The van der Waals surface area contributed by atoms with E-state index in [0.29, 0.717) is 12.2 Å². The third-order valence-electron chi connectivity index (χ3n) is 4.20. The lowest BCUT2D eigenvalue weighted by Gasteiger charge is -2.17. The number of nitrogens with zero attached hydrogens (tertiary/aromatic N) is 1. The van der Waals surface area contributed by atoms with Gasteiger partial charge in [-0.05, 0) is 29.8 Å². The zero-order chi connectivity index (χ0) is 21.0. The molecular formula is C20H19NO8. The van der Waals surface area contributed by atoms with Crippen molar-refractivity contribution in [3.63, 3.8) is 0 Å². The van der Waals surface area contributed by atoms with E-state index in [2.05, 4.69) is 0 Å². The highest BCUT2D eigenvalue weighted by atomic mass is 16.6. The molecule has 0 amide bonds. The standard InChI is InChI=1S/C20H19NO8/c1-13(22)28-17-7-8-18(19(9-17)29-14(2)23)20(12-27-20)11-26-10-15-3-5-16(6-4-15)21(24)25/h3-9H,10-12H2,1-2H3. The fourth-order valence-electron chi connectivity index (χ4n) is 2.80. The van der Waals surface area contributed by atoms with Gasteiger partial charge in [0.1, 0.15) is 17.1 Å². The monoisotopic (exact) mass is 401 g/mol. The maximum Gasteiger partial charge on any atom is 0.308 e. The van der Waals surface area contributed by atoms with Crippen LogP contribution in [0.5, 0.6) is 11.5 Å². The summed E-state index contributed by atoms with van der Waals surface area (Å²) in [6, 6.07) is 10.8. The summed E-state index contributed by atoms with van der Waals surface area (Å²) < 4.78 is 21.6. The highest BCUT2D eigenvalue weighted by Crippen LogP contribution is 2.45. The molecule has 1 heterocycles. The van der Waals surface area contributed by atoms with Crippen LogP contribution in [0.1, 0.15) is 25.0 Å². The van der Waals surface area contributed by atoms with Crippen molar-refractivity contribution in [1.29, 1.82) is 0 Å². The van der Waals surface area contributed by atoms with E-state index >= 15 is 0 Å². The average Bonchev–Trinajstić information content (AvgIpc) is 3.42. The molecule has 0 aromatic heterocycles. The highest BCUT2D eigenvalue weighted by molar-refractivity contribution is 5.72. The van der Waals surface area contributed by atoms with E-state index in [1.807, 2.05) is 0 Å². The second-order valence-electron chi connectivity index (χ2n) is 6.54. The van der Waals surface area contributed by atoms with Gasteiger partial charge in [0, 0.05) is 37.6 Å². The molecule has 2 aromatic carbocycles. The molecule has 0 aliphatic carbocycles. The predicted octanol–water partition coefficient (Wildman–Crippen LogP) is 2.89. The molecule has 0 N–H and O–H groups in total. The van der Waals surface area contributed by atoms with Gasteiger partial charge >= 0.3 is 11.9 Å². The Hall–Kier alpha value is -3.30. The second-order valence-corrected chi connectivity index (χ2v) is 6.54. The van der Waals surface area contributed by atoms with Gasteiger partial charge in [0.15, 0.2) is 0 Å². The number of non-ortho nitro benzene ring substituents is 1. The molecule has 1 atom stereocenters. The van der Waals surface area contributed by atoms with E-state index in [0.717, 1.165) is 5.56 Å². The first-order chi connectivity index (χ1) is 13.8. The molecule has 0 spiro atoms. The van der Waals surface area contributed by atoms with Gasteiger partial charge in [0.05, 0.1) is 24.7 Å². The Labute approximate surface area is 166 Å². The Morgan fingerprint density at radius 2 is 1.76 bits per heavy atom. The van der Waals surface area contributed by atoms with Crippen molar-refractivity contribution in [3.8, 4) is 11.5 Å². The SMILES string of the molecule is CC(=O)Oc1ccc(C2(COCc3ccc([N+](=O)[O-])cc3)CO2)c(OC(C)=O)c1. The molecule has 0 saturated carbocycles. The van der Waals surface area contributed by atoms with E-state index in [4.69, 9.17) is 18.9 Å². The minimum Gasteiger partial charge on any atom is -0.427 e. The largest absolute Gasteiger partial charge is 0.427 e. The Morgan fingerprint density at radius 1 is 1.10 bits per heavy atom. The van der Waals surface area contributed by atoms with E-state index in [9.17, 15) is 19.7 Å². The summed E-state index contributed by atoms with van der Waals surface area (Å²) in [6.07, 6.45) is 0. The van der Waals surface area contributed by atoms with Crippen LogP contribution in [0, 0.1) is 10.1 Å². The van der Waals surface area contributed by atoms with Crippen LogP contribution in [0.25, 0.3) is 0 Å². The number of nitro benzene ring substituents is 1. The predicted molar refractivity (Wildman–Crippen MR) is 99.4 cm³/mol. The Bertz CT molecular complexity index is 934. The first-order valence-corrected chi connectivity index (χ1v) is 8.75. The molecule has 3 rings (SSSR count). The molecule has 1 unspecified atom stereocenters. The fourth-order valence-corrected chi connectivity index (χ4v) is 2.80. The summed E-state index contributed by atoms with van der Waals surface area (Å²) in [7, 11) is 0. The van der Waals surface area contributed by atoms with E-state index < -0.39 is 22.5 Å². The molecule has 1 aliphatic rings. The molecule has 0 bridgehead atoms. The minimum absolute atomic E-state index is 0.00893. The quantitative estimate of drug-likeness (QED) is 0.218. The summed E-state index contributed by atoms with van der Waals surface area (Å²) in [5, 5.41) is 10.7. The van der Waals surface area contributed by atoms with Gasteiger partial charge in [-0.15, -0.1) is 0 Å². The number of carbonyl (C=O) groups excluding carboxylic acids is 2. The van der Waals surface area contributed by atoms with E-state index in [-0.39, 0.29) is 30.4 Å². The number of hydrogen-bond acceptors (Lipinski definition) is 8.